The summed E-state index contributed by atoms with van der Waals surface area (Å²) in [4.78, 5) is 24.2. The van der Waals surface area contributed by atoms with Gasteiger partial charge in [0.15, 0.2) is 5.92 Å². The first-order valence-electron chi connectivity index (χ1n) is 6.90. The van der Waals surface area contributed by atoms with Crippen molar-refractivity contribution < 1.29 is 19.1 Å². The molecule has 1 aromatic carbocycles. The molecular formula is C16H19NO4. The van der Waals surface area contributed by atoms with Crippen LogP contribution in [-0.4, -0.2) is 25.2 Å². The SMILES string of the molecule is CCOC(=O)C(C(=O)OCC)C(CC#N)c1ccccc1. The lowest BCUT2D eigenvalue weighted by Crippen LogP contribution is -2.33. The van der Waals surface area contributed by atoms with Crippen molar-refractivity contribution in [1.82, 2.24) is 0 Å². The summed E-state index contributed by atoms with van der Waals surface area (Å²) >= 11 is 0. The summed E-state index contributed by atoms with van der Waals surface area (Å²) in [5.74, 6) is -3.00. The number of benzene rings is 1. The van der Waals surface area contributed by atoms with Gasteiger partial charge in [-0.2, -0.15) is 5.26 Å². The molecule has 0 aliphatic carbocycles. The van der Waals surface area contributed by atoms with Gasteiger partial charge in [-0.3, -0.25) is 9.59 Å². The number of hydrogen-bond acceptors (Lipinski definition) is 5. The highest BCUT2D eigenvalue weighted by atomic mass is 16.6. The first-order chi connectivity index (χ1) is 10.2. The number of esters is 2. The highest BCUT2D eigenvalue weighted by Gasteiger charge is 2.38. The molecule has 5 heteroatoms. The standard InChI is InChI=1S/C16H19NO4/c1-3-20-15(18)14(16(19)21-4-2)13(10-11-17)12-8-6-5-7-9-12/h5-9,13-14H,3-4,10H2,1-2H3. The minimum Gasteiger partial charge on any atom is -0.465 e. The monoisotopic (exact) mass is 289 g/mol. The van der Waals surface area contributed by atoms with Gasteiger partial charge in [0.25, 0.3) is 0 Å². The topological polar surface area (TPSA) is 76.4 Å². The predicted molar refractivity (Wildman–Crippen MR) is 76.2 cm³/mol. The van der Waals surface area contributed by atoms with Gasteiger partial charge in [0, 0.05) is 12.3 Å². The fourth-order valence-electron chi connectivity index (χ4n) is 2.12. The molecule has 1 aromatic rings. The highest BCUT2D eigenvalue weighted by molar-refractivity contribution is 5.96. The number of rotatable bonds is 7. The van der Waals surface area contributed by atoms with Crippen LogP contribution in [0.1, 0.15) is 31.7 Å². The molecule has 0 bridgehead atoms. The molecule has 21 heavy (non-hydrogen) atoms. The van der Waals surface area contributed by atoms with Crippen LogP contribution in [-0.2, 0) is 19.1 Å². The molecule has 0 aliphatic rings. The zero-order chi connectivity index (χ0) is 15.7. The van der Waals surface area contributed by atoms with Gasteiger partial charge < -0.3 is 9.47 Å². The first-order valence-corrected chi connectivity index (χ1v) is 6.90. The van der Waals surface area contributed by atoms with E-state index in [1.165, 1.54) is 0 Å². The van der Waals surface area contributed by atoms with E-state index in [1.807, 2.05) is 12.1 Å². The van der Waals surface area contributed by atoms with Crippen LogP contribution < -0.4 is 0 Å². The van der Waals surface area contributed by atoms with E-state index in [4.69, 9.17) is 14.7 Å². The van der Waals surface area contributed by atoms with Gasteiger partial charge in [0.1, 0.15) is 0 Å². The summed E-state index contributed by atoms with van der Waals surface area (Å²) in [6.45, 7) is 3.68. The van der Waals surface area contributed by atoms with Crippen molar-refractivity contribution in [1.29, 1.82) is 5.26 Å². The number of ether oxygens (including phenoxy) is 2. The minimum absolute atomic E-state index is 0.0340. The van der Waals surface area contributed by atoms with Gasteiger partial charge in [-0.25, -0.2) is 0 Å². The van der Waals surface area contributed by atoms with E-state index in [9.17, 15) is 9.59 Å². The predicted octanol–water partition coefficient (Wildman–Crippen LogP) is 2.43. The van der Waals surface area contributed by atoms with Gasteiger partial charge in [-0.15, -0.1) is 0 Å². The normalized spacial score (nSPS) is 11.5. The summed E-state index contributed by atoms with van der Waals surface area (Å²) in [5.41, 5.74) is 0.741. The van der Waals surface area contributed by atoms with Crippen LogP contribution in [0, 0.1) is 17.2 Å². The van der Waals surface area contributed by atoms with E-state index in [1.54, 1.807) is 38.1 Å². The summed E-state index contributed by atoms with van der Waals surface area (Å²) in [6, 6.07) is 11.0. The number of hydrogen-bond donors (Lipinski definition) is 0. The summed E-state index contributed by atoms with van der Waals surface area (Å²) in [5, 5.41) is 9.02. The van der Waals surface area contributed by atoms with Crippen LogP contribution in [0.2, 0.25) is 0 Å². The van der Waals surface area contributed by atoms with E-state index in [-0.39, 0.29) is 19.6 Å². The quantitative estimate of drug-likeness (QED) is 0.569. The Morgan fingerprint density at radius 3 is 2.05 bits per heavy atom. The molecule has 0 amide bonds. The Kier molecular flexibility index (Phi) is 6.96. The van der Waals surface area contributed by atoms with Crippen molar-refractivity contribution in [3.8, 4) is 6.07 Å². The Bertz CT molecular complexity index is 489. The lowest BCUT2D eigenvalue weighted by molar-refractivity contribution is -0.162. The molecule has 0 aromatic heterocycles. The smallest absolute Gasteiger partial charge is 0.320 e. The van der Waals surface area contributed by atoms with Crippen molar-refractivity contribution in [3.05, 3.63) is 35.9 Å². The minimum atomic E-state index is -1.12. The van der Waals surface area contributed by atoms with Crippen molar-refractivity contribution >= 4 is 11.9 Å². The zero-order valence-electron chi connectivity index (χ0n) is 12.2. The molecule has 112 valence electrons. The maximum absolute atomic E-state index is 12.1. The van der Waals surface area contributed by atoms with E-state index in [0.29, 0.717) is 0 Å². The number of nitrogens with zero attached hydrogens (tertiary/aromatic N) is 1. The van der Waals surface area contributed by atoms with Crippen molar-refractivity contribution in [2.45, 2.75) is 26.2 Å². The van der Waals surface area contributed by atoms with E-state index >= 15 is 0 Å². The van der Waals surface area contributed by atoms with Crippen LogP contribution in [0.25, 0.3) is 0 Å². The van der Waals surface area contributed by atoms with E-state index < -0.39 is 23.8 Å². The molecule has 0 saturated heterocycles. The van der Waals surface area contributed by atoms with Crippen molar-refractivity contribution in [3.63, 3.8) is 0 Å². The molecule has 0 saturated carbocycles. The molecule has 1 atom stereocenters. The van der Waals surface area contributed by atoms with Crippen LogP contribution >= 0.6 is 0 Å². The van der Waals surface area contributed by atoms with E-state index in [0.717, 1.165) is 5.56 Å². The van der Waals surface area contributed by atoms with Gasteiger partial charge in [0.05, 0.1) is 19.3 Å². The second-order valence-corrected chi connectivity index (χ2v) is 4.36. The molecule has 5 nitrogen and oxygen atoms in total. The summed E-state index contributed by atoms with van der Waals surface area (Å²) < 4.78 is 9.94. The first kappa shape index (κ1) is 16.7. The summed E-state index contributed by atoms with van der Waals surface area (Å²) in [7, 11) is 0. The second-order valence-electron chi connectivity index (χ2n) is 4.36. The maximum Gasteiger partial charge on any atom is 0.320 e. The van der Waals surface area contributed by atoms with Crippen LogP contribution in [0.4, 0.5) is 0 Å². The molecule has 1 unspecified atom stereocenters. The Hall–Kier alpha value is -2.35. The lowest BCUT2D eigenvalue weighted by atomic mass is 9.84. The molecule has 0 radical (unpaired) electrons. The van der Waals surface area contributed by atoms with Gasteiger partial charge in [-0.05, 0) is 19.4 Å². The highest BCUT2D eigenvalue weighted by Crippen LogP contribution is 2.30. The molecule has 1 rings (SSSR count). The third-order valence-electron chi connectivity index (χ3n) is 3.02. The second kappa shape index (κ2) is 8.75. The van der Waals surface area contributed by atoms with Gasteiger partial charge >= 0.3 is 11.9 Å². The average Bonchev–Trinajstić information content (AvgIpc) is 2.48. The van der Waals surface area contributed by atoms with Crippen LogP contribution in [0.3, 0.4) is 0 Å². The maximum atomic E-state index is 12.1. The Labute approximate surface area is 124 Å². The largest absolute Gasteiger partial charge is 0.465 e. The Morgan fingerprint density at radius 2 is 1.62 bits per heavy atom. The molecule has 0 fully saturated rings. The Balaban J connectivity index is 3.14. The van der Waals surface area contributed by atoms with Crippen molar-refractivity contribution in [2.24, 2.45) is 5.92 Å². The fraction of sp³-hybridized carbons (Fsp3) is 0.438. The number of carbonyl (C=O) groups is 2. The Morgan fingerprint density at radius 1 is 1.10 bits per heavy atom. The van der Waals surface area contributed by atoms with Gasteiger partial charge in [0.2, 0.25) is 0 Å². The fourth-order valence-corrected chi connectivity index (χ4v) is 2.12. The zero-order valence-corrected chi connectivity index (χ0v) is 12.2. The van der Waals surface area contributed by atoms with Gasteiger partial charge in [-0.1, -0.05) is 30.3 Å². The van der Waals surface area contributed by atoms with Crippen molar-refractivity contribution in [2.75, 3.05) is 13.2 Å². The summed E-state index contributed by atoms with van der Waals surface area (Å²) in [6.07, 6.45) is 0.0340. The lowest BCUT2D eigenvalue weighted by Gasteiger charge is -2.22. The molecule has 0 heterocycles. The molecule has 0 aliphatic heterocycles. The van der Waals surface area contributed by atoms with Crippen LogP contribution in [0.15, 0.2) is 30.3 Å². The molecule has 0 N–H and O–H groups in total. The average molecular weight is 289 g/mol. The number of nitriles is 1. The molecule has 0 spiro atoms. The molecular weight excluding hydrogens is 270 g/mol. The number of carbonyl (C=O) groups excluding carboxylic acids is 2. The van der Waals surface area contributed by atoms with Crippen LogP contribution in [0.5, 0.6) is 0 Å². The van der Waals surface area contributed by atoms with E-state index in [2.05, 4.69) is 0 Å². The third-order valence-corrected chi connectivity index (χ3v) is 3.02. The third kappa shape index (κ3) is 4.60.